The summed E-state index contributed by atoms with van der Waals surface area (Å²) in [7, 11) is 0. The quantitative estimate of drug-likeness (QED) is 0.642. The standard InChI is InChI=1S/C14H15N3O2/c15-11-1-2-12(13(16)9-11)14(18)19-8-5-10-3-6-17-7-4-10/h1-4,6-7,9H,5,8,15-16H2. The van der Waals surface area contributed by atoms with Crippen LogP contribution in [0.3, 0.4) is 0 Å². The molecule has 0 unspecified atom stereocenters. The van der Waals surface area contributed by atoms with E-state index in [0.29, 0.717) is 30.0 Å². The number of rotatable bonds is 4. The van der Waals surface area contributed by atoms with Gasteiger partial charge in [-0.1, -0.05) is 0 Å². The number of nitrogen functional groups attached to an aromatic ring is 2. The maximum atomic E-state index is 11.8. The van der Waals surface area contributed by atoms with Crippen molar-refractivity contribution in [2.75, 3.05) is 18.1 Å². The van der Waals surface area contributed by atoms with Gasteiger partial charge in [-0.3, -0.25) is 4.98 Å². The van der Waals surface area contributed by atoms with Gasteiger partial charge in [-0.25, -0.2) is 4.79 Å². The summed E-state index contributed by atoms with van der Waals surface area (Å²) in [5.41, 5.74) is 13.5. The number of carbonyl (C=O) groups is 1. The molecule has 0 radical (unpaired) electrons. The Balaban J connectivity index is 1.91. The van der Waals surface area contributed by atoms with Crippen LogP contribution >= 0.6 is 0 Å². The van der Waals surface area contributed by atoms with Crippen molar-refractivity contribution in [1.29, 1.82) is 0 Å². The largest absolute Gasteiger partial charge is 0.462 e. The van der Waals surface area contributed by atoms with E-state index in [4.69, 9.17) is 16.2 Å². The number of nitrogens with two attached hydrogens (primary N) is 2. The Labute approximate surface area is 111 Å². The predicted molar refractivity (Wildman–Crippen MR) is 73.5 cm³/mol. The van der Waals surface area contributed by atoms with Crippen molar-refractivity contribution in [2.45, 2.75) is 6.42 Å². The molecule has 0 saturated heterocycles. The zero-order valence-corrected chi connectivity index (χ0v) is 10.4. The molecule has 0 aliphatic carbocycles. The van der Waals surface area contributed by atoms with Gasteiger partial charge in [0.05, 0.1) is 12.2 Å². The molecular weight excluding hydrogens is 242 g/mol. The molecule has 0 aliphatic heterocycles. The van der Waals surface area contributed by atoms with Gasteiger partial charge in [-0.2, -0.15) is 0 Å². The summed E-state index contributed by atoms with van der Waals surface area (Å²) in [6.45, 7) is 0.298. The summed E-state index contributed by atoms with van der Waals surface area (Å²) in [5, 5.41) is 0. The highest BCUT2D eigenvalue weighted by molar-refractivity contribution is 5.95. The Morgan fingerprint density at radius 3 is 2.58 bits per heavy atom. The number of esters is 1. The number of hydrogen-bond donors (Lipinski definition) is 2. The number of nitrogens with zero attached hydrogens (tertiary/aromatic N) is 1. The predicted octanol–water partition coefficient (Wildman–Crippen LogP) is 1.65. The van der Waals surface area contributed by atoms with E-state index in [1.54, 1.807) is 30.6 Å². The van der Waals surface area contributed by atoms with E-state index < -0.39 is 5.97 Å². The molecule has 0 saturated carbocycles. The number of ether oxygens (including phenoxy) is 1. The number of benzene rings is 1. The zero-order valence-electron chi connectivity index (χ0n) is 10.4. The first-order valence-electron chi connectivity index (χ1n) is 5.88. The molecule has 2 rings (SSSR count). The van der Waals surface area contributed by atoms with Gasteiger partial charge in [0.2, 0.25) is 0 Å². The van der Waals surface area contributed by atoms with Crippen molar-refractivity contribution in [3.63, 3.8) is 0 Å². The summed E-state index contributed by atoms with van der Waals surface area (Å²) in [6.07, 6.45) is 4.05. The highest BCUT2D eigenvalue weighted by Crippen LogP contribution is 2.16. The van der Waals surface area contributed by atoms with Gasteiger partial charge in [0, 0.05) is 30.2 Å². The van der Waals surface area contributed by atoms with Crippen molar-refractivity contribution in [3.8, 4) is 0 Å². The van der Waals surface area contributed by atoms with Crippen LogP contribution in [0.1, 0.15) is 15.9 Å². The van der Waals surface area contributed by atoms with Gasteiger partial charge in [0.15, 0.2) is 0 Å². The number of anilines is 2. The second-order valence-corrected chi connectivity index (χ2v) is 4.09. The third-order valence-corrected chi connectivity index (χ3v) is 2.67. The Morgan fingerprint density at radius 1 is 1.16 bits per heavy atom. The van der Waals surface area contributed by atoms with Crippen LogP contribution in [0, 0.1) is 0 Å². The van der Waals surface area contributed by atoms with Crippen LogP contribution in [0.4, 0.5) is 11.4 Å². The van der Waals surface area contributed by atoms with Gasteiger partial charge >= 0.3 is 5.97 Å². The van der Waals surface area contributed by atoms with Crippen LogP contribution in [0.25, 0.3) is 0 Å². The summed E-state index contributed by atoms with van der Waals surface area (Å²) in [4.78, 5) is 15.7. The smallest absolute Gasteiger partial charge is 0.340 e. The molecule has 0 atom stereocenters. The second-order valence-electron chi connectivity index (χ2n) is 4.09. The summed E-state index contributed by atoms with van der Waals surface area (Å²) < 4.78 is 5.17. The van der Waals surface area contributed by atoms with E-state index >= 15 is 0 Å². The molecule has 4 N–H and O–H groups in total. The van der Waals surface area contributed by atoms with Crippen LogP contribution in [0.15, 0.2) is 42.7 Å². The minimum Gasteiger partial charge on any atom is -0.462 e. The maximum absolute atomic E-state index is 11.8. The Kier molecular flexibility index (Phi) is 3.97. The Hall–Kier alpha value is -2.56. The molecule has 1 heterocycles. The molecule has 0 spiro atoms. The Bertz CT molecular complexity index is 570. The normalized spacial score (nSPS) is 10.1. The molecule has 5 heteroatoms. The second kappa shape index (κ2) is 5.86. The number of hydrogen-bond acceptors (Lipinski definition) is 5. The first kappa shape index (κ1) is 12.9. The fourth-order valence-corrected chi connectivity index (χ4v) is 1.66. The molecular formula is C14H15N3O2. The average molecular weight is 257 g/mol. The lowest BCUT2D eigenvalue weighted by Gasteiger charge is -2.07. The van der Waals surface area contributed by atoms with E-state index in [9.17, 15) is 4.79 Å². The van der Waals surface area contributed by atoms with Crippen LogP contribution in [-0.4, -0.2) is 17.6 Å². The van der Waals surface area contributed by atoms with Gasteiger partial charge in [-0.05, 0) is 35.9 Å². The van der Waals surface area contributed by atoms with Crippen LogP contribution in [-0.2, 0) is 11.2 Å². The van der Waals surface area contributed by atoms with Crippen molar-refractivity contribution < 1.29 is 9.53 Å². The van der Waals surface area contributed by atoms with Crippen molar-refractivity contribution in [2.24, 2.45) is 0 Å². The lowest BCUT2D eigenvalue weighted by atomic mass is 10.1. The Morgan fingerprint density at radius 2 is 1.89 bits per heavy atom. The van der Waals surface area contributed by atoms with Crippen LogP contribution in [0.2, 0.25) is 0 Å². The molecule has 1 aromatic carbocycles. The number of pyridine rings is 1. The molecule has 19 heavy (non-hydrogen) atoms. The fourth-order valence-electron chi connectivity index (χ4n) is 1.66. The SMILES string of the molecule is Nc1ccc(C(=O)OCCc2ccncc2)c(N)c1. The molecule has 0 aliphatic rings. The highest BCUT2D eigenvalue weighted by atomic mass is 16.5. The number of carbonyl (C=O) groups excluding carboxylic acids is 1. The van der Waals surface area contributed by atoms with Gasteiger partial charge in [0.25, 0.3) is 0 Å². The van der Waals surface area contributed by atoms with Crippen molar-refractivity contribution in [3.05, 3.63) is 53.9 Å². The van der Waals surface area contributed by atoms with E-state index in [0.717, 1.165) is 5.56 Å². The minimum atomic E-state index is -0.438. The van der Waals surface area contributed by atoms with E-state index in [2.05, 4.69) is 4.98 Å². The van der Waals surface area contributed by atoms with E-state index in [1.807, 2.05) is 12.1 Å². The van der Waals surface area contributed by atoms with Crippen molar-refractivity contribution in [1.82, 2.24) is 4.98 Å². The van der Waals surface area contributed by atoms with Gasteiger partial charge < -0.3 is 16.2 Å². The van der Waals surface area contributed by atoms with Crippen LogP contribution in [0.5, 0.6) is 0 Å². The minimum absolute atomic E-state index is 0.298. The molecule has 0 amide bonds. The molecule has 2 aromatic rings. The summed E-state index contributed by atoms with van der Waals surface area (Å²) in [6, 6.07) is 8.49. The van der Waals surface area contributed by atoms with Gasteiger partial charge in [0.1, 0.15) is 0 Å². The topological polar surface area (TPSA) is 91.2 Å². The summed E-state index contributed by atoms with van der Waals surface area (Å²) >= 11 is 0. The lowest BCUT2D eigenvalue weighted by molar-refractivity contribution is 0.0510. The first-order chi connectivity index (χ1) is 9.16. The van der Waals surface area contributed by atoms with Crippen molar-refractivity contribution >= 4 is 17.3 Å². The molecule has 5 nitrogen and oxygen atoms in total. The average Bonchev–Trinajstić information content (AvgIpc) is 2.39. The molecule has 1 aromatic heterocycles. The molecule has 98 valence electrons. The highest BCUT2D eigenvalue weighted by Gasteiger charge is 2.11. The van der Waals surface area contributed by atoms with E-state index in [1.165, 1.54) is 0 Å². The third-order valence-electron chi connectivity index (χ3n) is 2.67. The fraction of sp³-hybridized carbons (Fsp3) is 0.143. The molecule has 0 fully saturated rings. The maximum Gasteiger partial charge on any atom is 0.340 e. The van der Waals surface area contributed by atoms with Gasteiger partial charge in [-0.15, -0.1) is 0 Å². The monoisotopic (exact) mass is 257 g/mol. The molecule has 0 bridgehead atoms. The lowest BCUT2D eigenvalue weighted by Crippen LogP contribution is -2.10. The zero-order chi connectivity index (χ0) is 13.7. The summed E-state index contributed by atoms with van der Waals surface area (Å²) in [5.74, 6) is -0.438. The van der Waals surface area contributed by atoms with Crippen LogP contribution < -0.4 is 11.5 Å². The van der Waals surface area contributed by atoms with E-state index in [-0.39, 0.29) is 0 Å². The third kappa shape index (κ3) is 3.45. The first-order valence-corrected chi connectivity index (χ1v) is 5.88. The number of aromatic nitrogens is 1.